The third kappa shape index (κ3) is 5.72. The number of rotatable bonds is 10. The first-order chi connectivity index (χ1) is 14.1. The Morgan fingerprint density at radius 3 is 2.24 bits per heavy atom. The summed E-state index contributed by atoms with van der Waals surface area (Å²) in [5, 5.41) is 2.92. The molecule has 0 radical (unpaired) electrons. The smallest absolute Gasteiger partial charge is 0.225 e. The second-order valence-electron chi connectivity index (χ2n) is 7.63. The first-order valence-corrected chi connectivity index (χ1v) is 10.8. The summed E-state index contributed by atoms with van der Waals surface area (Å²) < 4.78 is 21.1. The van der Waals surface area contributed by atoms with Gasteiger partial charge in [-0.15, -0.1) is 0 Å². The van der Waals surface area contributed by atoms with Crippen molar-refractivity contribution in [2.45, 2.75) is 58.2 Å². The van der Waals surface area contributed by atoms with Crippen LogP contribution in [0.15, 0.2) is 66.9 Å². The number of allylic oxidation sites excluding steroid dienone is 2. The molecule has 0 amide bonds. The average Bonchev–Trinajstić information content (AvgIpc) is 2.77. The van der Waals surface area contributed by atoms with Crippen LogP contribution < -0.4 is 10.1 Å². The highest BCUT2D eigenvalue weighted by molar-refractivity contribution is 5.75. The molecule has 2 aromatic carbocycles. The van der Waals surface area contributed by atoms with Crippen LogP contribution >= 0.6 is 0 Å². The Balaban J connectivity index is 1.54. The predicted molar refractivity (Wildman–Crippen MR) is 120 cm³/mol. The summed E-state index contributed by atoms with van der Waals surface area (Å²) in [6.07, 6.45) is 12.3. The second kappa shape index (κ2) is 10.3. The van der Waals surface area contributed by atoms with Gasteiger partial charge in [-0.1, -0.05) is 82.0 Å². The lowest BCUT2D eigenvalue weighted by atomic mass is 9.96. The van der Waals surface area contributed by atoms with Crippen LogP contribution in [0.2, 0.25) is 0 Å². The largest absolute Gasteiger partial charge is 0.494 e. The minimum atomic E-state index is -1.67. The molecular weight excluding hydrogens is 361 g/mol. The summed E-state index contributed by atoms with van der Waals surface area (Å²) in [6, 6.07) is 15.7. The van der Waals surface area contributed by atoms with Gasteiger partial charge in [0.05, 0.1) is 6.61 Å². The summed E-state index contributed by atoms with van der Waals surface area (Å²) in [5.74, 6) is -0.787. The SMILES string of the molecule is CCCCCCCOc1ccc(C2=CNC(F)(c3ccc(CC)cc3)C=C2)cc1. The lowest BCUT2D eigenvalue weighted by Crippen LogP contribution is -2.34. The molecule has 154 valence electrons. The molecule has 0 saturated heterocycles. The van der Waals surface area contributed by atoms with Gasteiger partial charge in [0, 0.05) is 11.8 Å². The van der Waals surface area contributed by atoms with Gasteiger partial charge >= 0.3 is 0 Å². The number of ether oxygens (including phenoxy) is 1. The maximum absolute atomic E-state index is 15.3. The molecule has 2 nitrogen and oxygen atoms in total. The Morgan fingerprint density at radius 2 is 1.62 bits per heavy atom. The highest BCUT2D eigenvalue weighted by Gasteiger charge is 2.29. The molecular formula is C26H32FNO. The van der Waals surface area contributed by atoms with Crippen LogP contribution in [-0.4, -0.2) is 6.61 Å². The Kier molecular flexibility index (Phi) is 7.51. The van der Waals surface area contributed by atoms with E-state index in [1.54, 1.807) is 12.3 Å². The van der Waals surface area contributed by atoms with Crippen LogP contribution in [0.4, 0.5) is 4.39 Å². The molecule has 0 aliphatic carbocycles. The van der Waals surface area contributed by atoms with Crippen LogP contribution in [0.25, 0.3) is 5.57 Å². The van der Waals surface area contributed by atoms with Crippen molar-refractivity contribution in [2.24, 2.45) is 0 Å². The van der Waals surface area contributed by atoms with E-state index in [1.165, 1.54) is 31.2 Å². The summed E-state index contributed by atoms with van der Waals surface area (Å²) in [6.45, 7) is 5.08. The van der Waals surface area contributed by atoms with E-state index in [2.05, 4.69) is 19.2 Å². The number of dihydropyridines is 1. The first-order valence-electron chi connectivity index (χ1n) is 10.8. The van der Waals surface area contributed by atoms with Crippen LogP contribution in [0.5, 0.6) is 5.75 Å². The molecule has 1 N–H and O–H groups in total. The van der Waals surface area contributed by atoms with Crippen LogP contribution in [0, 0.1) is 0 Å². The molecule has 29 heavy (non-hydrogen) atoms. The number of aryl methyl sites for hydroxylation is 1. The molecule has 1 unspecified atom stereocenters. The third-order valence-corrected chi connectivity index (χ3v) is 5.42. The van der Waals surface area contributed by atoms with Crippen molar-refractivity contribution >= 4 is 5.57 Å². The molecule has 3 rings (SSSR count). The Hall–Kier alpha value is -2.55. The number of halogens is 1. The normalized spacial score (nSPS) is 18.2. The summed E-state index contributed by atoms with van der Waals surface area (Å²) in [5.41, 5.74) is 3.81. The molecule has 1 aliphatic heterocycles. The van der Waals surface area contributed by atoms with Gasteiger partial charge in [-0.3, -0.25) is 0 Å². The minimum absolute atomic E-state index is 0.615. The predicted octanol–water partition coefficient (Wildman–Crippen LogP) is 6.92. The quantitative estimate of drug-likeness (QED) is 0.349. The highest BCUT2D eigenvalue weighted by atomic mass is 19.1. The first kappa shape index (κ1) is 21.2. The fourth-order valence-electron chi connectivity index (χ4n) is 3.46. The van der Waals surface area contributed by atoms with Gasteiger partial charge in [0.25, 0.3) is 0 Å². The summed E-state index contributed by atoms with van der Waals surface area (Å²) >= 11 is 0. The van der Waals surface area contributed by atoms with Gasteiger partial charge in [-0.2, -0.15) is 0 Å². The van der Waals surface area contributed by atoms with E-state index in [-0.39, 0.29) is 0 Å². The van der Waals surface area contributed by atoms with Gasteiger partial charge < -0.3 is 10.1 Å². The molecule has 1 aliphatic rings. The van der Waals surface area contributed by atoms with E-state index >= 15 is 4.39 Å². The van der Waals surface area contributed by atoms with Gasteiger partial charge in [-0.05, 0) is 47.8 Å². The van der Waals surface area contributed by atoms with E-state index in [0.29, 0.717) is 5.56 Å². The number of nitrogens with one attached hydrogen (secondary N) is 1. The van der Waals surface area contributed by atoms with Crippen molar-refractivity contribution in [3.63, 3.8) is 0 Å². The maximum Gasteiger partial charge on any atom is 0.225 e. The average molecular weight is 394 g/mol. The zero-order valence-electron chi connectivity index (χ0n) is 17.6. The van der Waals surface area contributed by atoms with E-state index in [4.69, 9.17) is 4.74 Å². The van der Waals surface area contributed by atoms with E-state index < -0.39 is 5.79 Å². The molecule has 2 aromatic rings. The summed E-state index contributed by atoms with van der Waals surface area (Å²) in [7, 11) is 0. The second-order valence-corrected chi connectivity index (χ2v) is 7.63. The zero-order valence-corrected chi connectivity index (χ0v) is 17.6. The number of unbranched alkanes of at least 4 members (excludes halogenated alkanes) is 4. The monoisotopic (exact) mass is 393 g/mol. The maximum atomic E-state index is 15.3. The summed E-state index contributed by atoms with van der Waals surface area (Å²) in [4.78, 5) is 0. The van der Waals surface area contributed by atoms with E-state index in [0.717, 1.165) is 36.3 Å². The lowest BCUT2D eigenvalue weighted by Gasteiger charge is -2.26. The van der Waals surface area contributed by atoms with Gasteiger partial charge in [0.15, 0.2) is 0 Å². The fourth-order valence-corrected chi connectivity index (χ4v) is 3.46. The molecule has 0 aromatic heterocycles. The number of hydrogen-bond donors (Lipinski definition) is 1. The van der Waals surface area contributed by atoms with Gasteiger partial charge in [-0.25, -0.2) is 4.39 Å². The molecule has 0 saturated carbocycles. The Bertz CT molecular complexity index is 823. The van der Waals surface area contributed by atoms with E-state index in [1.807, 2.05) is 54.6 Å². The van der Waals surface area contributed by atoms with Crippen molar-refractivity contribution in [1.29, 1.82) is 0 Å². The topological polar surface area (TPSA) is 21.3 Å². The highest BCUT2D eigenvalue weighted by Crippen LogP contribution is 2.31. The Labute approximate surface area is 174 Å². The van der Waals surface area contributed by atoms with Crippen molar-refractivity contribution in [3.8, 4) is 5.75 Å². The third-order valence-electron chi connectivity index (χ3n) is 5.42. The van der Waals surface area contributed by atoms with Gasteiger partial charge in [0.2, 0.25) is 5.79 Å². The van der Waals surface area contributed by atoms with Crippen LogP contribution in [0.1, 0.15) is 62.6 Å². The van der Waals surface area contributed by atoms with Crippen molar-refractivity contribution in [1.82, 2.24) is 5.32 Å². The fraction of sp³-hybridized carbons (Fsp3) is 0.385. The number of benzene rings is 2. The molecule has 0 bridgehead atoms. The van der Waals surface area contributed by atoms with Crippen molar-refractivity contribution in [3.05, 3.63) is 83.6 Å². The van der Waals surface area contributed by atoms with Crippen LogP contribution in [0.3, 0.4) is 0 Å². The molecule has 0 spiro atoms. The number of hydrogen-bond acceptors (Lipinski definition) is 2. The molecule has 3 heteroatoms. The molecule has 0 fully saturated rings. The zero-order chi connectivity index (χ0) is 20.5. The minimum Gasteiger partial charge on any atom is -0.494 e. The van der Waals surface area contributed by atoms with Crippen LogP contribution in [-0.2, 0) is 12.2 Å². The standard InChI is InChI=1S/C26H32FNO/c1-3-5-6-7-8-19-29-25-15-11-22(12-16-25)23-17-18-26(27,28-20-23)24-13-9-21(4-2)10-14-24/h9-18,20,28H,3-8,19H2,1-2H3. The number of alkyl halides is 1. The lowest BCUT2D eigenvalue weighted by molar-refractivity contribution is 0.200. The van der Waals surface area contributed by atoms with Gasteiger partial charge in [0.1, 0.15) is 5.75 Å². The van der Waals surface area contributed by atoms with Crippen molar-refractivity contribution < 1.29 is 9.13 Å². The Morgan fingerprint density at radius 1 is 0.897 bits per heavy atom. The van der Waals surface area contributed by atoms with Crippen molar-refractivity contribution in [2.75, 3.05) is 6.61 Å². The molecule has 1 atom stereocenters. The van der Waals surface area contributed by atoms with E-state index in [9.17, 15) is 0 Å². The molecule has 1 heterocycles.